The van der Waals surface area contributed by atoms with Gasteiger partial charge in [-0.15, -0.1) is 0 Å². The number of aromatic hydroxyl groups is 1. The van der Waals surface area contributed by atoms with Gasteiger partial charge >= 0.3 is 13.4 Å². The molecule has 0 unspecified atom stereocenters. The smallest absolute Gasteiger partial charge is 0.342 e. The van der Waals surface area contributed by atoms with E-state index in [1.54, 1.807) is 50.7 Å². The number of benzene rings is 1. The number of phenols is 1. The summed E-state index contributed by atoms with van der Waals surface area (Å²) in [6.07, 6.45) is 1.48. The third kappa shape index (κ3) is 6.12. The highest BCUT2D eigenvalue weighted by Crippen LogP contribution is 2.36. The standard InChI is InChI=1S/C25H32BFNO7/c1-6-28(26-13-29)17-11-16-8-7-9-20-23(35-25(4,5)34-20)22(31)18(27)10-14(2)15(3)33-24(32)21(16)19(30)12-17/h7-8,10-15,20,22-23,30-31H,6,9H2,1-5H3/b8-7+,18-10+/t14-,15+,20+,22-,23+/m1/s1. The van der Waals surface area contributed by atoms with Gasteiger partial charge in [0.05, 0.1) is 6.10 Å². The van der Waals surface area contributed by atoms with Gasteiger partial charge in [0, 0.05) is 24.2 Å². The highest BCUT2D eigenvalue weighted by Gasteiger charge is 2.45. The van der Waals surface area contributed by atoms with Crippen LogP contribution in [0.4, 0.5) is 10.1 Å². The normalized spacial score (nSPS) is 31.1. The number of cyclic esters (lactones) is 1. The summed E-state index contributed by atoms with van der Waals surface area (Å²) < 4.78 is 32.2. The van der Waals surface area contributed by atoms with Crippen LogP contribution < -0.4 is 4.81 Å². The highest BCUT2D eigenvalue weighted by molar-refractivity contribution is 6.70. The van der Waals surface area contributed by atoms with Gasteiger partial charge in [-0.05, 0) is 51.8 Å². The zero-order valence-corrected chi connectivity index (χ0v) is 20.6. The number of carbonyl (C=O) groups is 2. The van der Waals surface area contributed by atoms with E-state index < -0.39 is 47.9 Å². The summed E-state index contributed by atoms with van der Waals surface area (Å²) in [5.41, 5.74) is 0.834. The molecule has 0 saturated carbocycles. The summed E-state index contributed by atoms with van der Waals surface area (Å²) >= 11 is 0. The van der Waals surface area contributed by atoms with Crippen molar-refractivity contribution in [2.24, 2.45) is 5.92 Å². The van der Waals surface area contributed by atoms with E-state index in [-0.39, 0.29) is 17.7 Å². The number of nitrogens with zero attached hydrogens (tertiary/aromatic N) is 1. The molecule has 2 heterocycles. The second kappa shape index (κ2) is 10.9. The van der Waals surface area contributed by atoms with E-state index >= 15 is 0 Å². The predicted octanol–water partition coefficient (Wildman–Crippen LogP) is 3.36. The molecule has 5 atom stereocenters. The summed E-state index contributed by atoms with van der Waals surface area (Å²) in [7, 11) is 1.33. The average molecular weight is 488 g/mol. The van der Waals surface area contributed by atoms with Crippen LogP contribution in [0.2, 0.25) is 0 Å². The van der Waals surface area contributed by atoms with Gasteiger partial charge in [0.25, 0.3) is 0 Å². The van der Waals surface area contributed by atoms with E-state index in [4.69, 9.17) is 14.2 Å². The van der Waals surface area contributed by atoms with Gasteiger partial charge in [0.2, 0.25) is 0 Å². The Hall–Kier alpha value is -2.69. The van der Waals surface area contributed by atoms with Crippen LogP contribution in [-0.2, 0) is 19.0 Å². The summed E-state index contributed by atoms with van der Waals surface area (Å²) in [4.78, 5) is 25.7. The van der Waals surface area contributed by atoms with Gasteiger partial charge in [0.15, 0.2) is 5.79 Å². The fourth-order valence-corrected chi connectivity index (χ4v) is 4.22. The zero-order chi connectivity index (χ0) is 25.9. The first-order valence-electron chi connectivity index (χ1n) is 11.7. The maximum absolute atomic E-state index is 14.9. The van der Waals surface area contributed by atoms with Crippen molar-refractivity contribution in [2.45, 2.75) is 71.2 Å². The summed E-state index contributed by atoms with van der Waals surface area (Å²) in [6.45, 7) is 8.93. The van der Waals surface area contributed by atoms with Crippen LogP contribution in [0.25, 0.3) is 6.08 Å². The minimum atomic E-state index is -1.55. The summed E-state index contributed by atoms with van der Waals surface area (Å²) in [5, 5.41) is 21.4. The van der Waals surface area contributed by atoms with Crippen LogP contribution in [0, 0.1) is 5.92 Å². The molecule has 2 aliphatic heterocycles. The first kappa shape index (κ1) is 26.9. The number of anilines is 1. The molecule has 35 heavy (non-hydrogen) atoms. The number of aliphatic hydroxyl groups excluding tert-OH is 1. The van der Waals surface area contributed by atoms with Crippen molar-refractivity contribution in [1.29, 1.82) is 0 Å². The van der Waals surface area contributed by atoms with E-state index in [0.717, 1.165) is 0 Å². The predicted molar refractivity (Wildman–Crippen MR) is 130 cm³/mol. The number of esters is 1. The van der Waals surface area contributed by atoms with Gasteiger partial charge in [-0.25, -0.2) is 9.18 Å². The Kier molecular flexibility index (Phi) is 8.40. The van der Waals surface area contributed by atoms with Gasteiger partial charge < -0.3 is 34.0 Å². The van der Waals surface area contributed by atoms with Crippen LogP contribution in [0.15, 0.2) is 30.1 Å². The van der Waals surface area contributed by atoms with E-state index in [1.807, 2.05) is 6.92 Å². The second-order valence-corrected chi connectivity index (χ2v) is 9.24. The lowest BCUT2D eigenvalue weighted by Crippen LogP contribution is -2.36. The SMILES string of the molecule is CCN([B]C=O)c1cc(O)c2c(c1)/C=C/C[C@@H]1OC(C)(C)O[C@@H]1[C@H](O)/C(F)=C\[C@@H](C)[C@H](C)OC2=O. The lowest BCUT2D eigenvalue weighted by atomic mass is 9.92. The largest absolute Gasteiger partial charge is 0.507 e. The molecule has 1 aromatic rings. The number of ether oxygens (including phenoxy) is 3. The molecule has 1 aromatic carbocycles. The number of hydrogen-bond donors (Lipinski definition) is 2. The van der Waals surface area contributed by atoms with Crippen LogP contribution in [0.5, 0.6) is 5.75 Å². The third-order valence-corrected chi connectivity index (χ3v) is 6.19. The average Bonchev–Trinajstić information content (AvgIpc) is 3.09. The van der Waals surface area contributed by atoms with Crippen LogP contribution in [0.3, 0.4) is 0 Å². The molecule has 2 N–H and O–H groups in total. The number of halogens is 1. The molecule has 10 heteroatoms. The van der Waals surface area contributed by atoms with E-state index in [0.29, 0.717) is 24.0 Å². The van der Waals surface area contributed by atoms with Gasteiger partial charge in [-0.3, -0.25) is 0 Å². The maximum atomic E-state index is 14.9. The molecule has 0 amide bonds. The summed E-state index contributed by atoms with van der Waals surface area (Å²) in [6, 6.07) is 3.05. The van der Waals surface area contributed by atoms with Crippen molar-refractivity contribution in [3.63, 3.8) is 0 Å². The number of fused-ring (bicyclic) bond motifs is 2. The Balaban J connectivity index is 2.09. The van der Waals surface area contributed by atoms with Crippen molar-refractivity contribution in [1.82, 2.24) is 0 Å². The zero-order valence-electron chi connectivity index (χ0n) is 20.6. The molecule has 189 valence electrons. The van der Waals surface area contributed by atoms with Gasteiger partial charge in [0.1, 0.15) is 41.6 Å². The molecule has 2 aliphatic rings. The van der Waals surface area contributed by atoms with Crippen molar-refractivity contribution < 1.29 is 38.4 Å². The molecule has 0 bridgehead atoms. The van der Waals surface area contributed by atoms with Gasteiger partial charge in [-0.2, -0.15) is 0 Å². The highest BCUT2D eigenvalue weighted by atomic mass is 19.1. The molecule has 1 radical (unpaired) electrons. The molecule has 0 aliphatic carbocycles. The fourth-order valence-electron chi connectivity index (χ4n) is 4.22. The molecule has 0 spiro atoms. The van der Waals surface area contributed by atoms with Gasteiger partial charge in [-0.1, -0.05) is 19.1 Å². The van der Waals surface area contributed by atoms with E-state index in [9.17, 15) is 24.2 Å². The summed E-state index contributed by atoms with van der Waals surface area (Å²) in [5.74, 6) is -3.48. The molecular weight excluding hydrogens is 456 g/mol. The fraction of sp³-hybridized carbons (Fsp3) is 0.520. The quantitative estimate of drug-likeness (QED) is 0.378. The number of aliphatic hydroxyl groups is 1. The van der Waals surface area contributed by atoms with E-state index in [2.05, 4.69) is 0 Å². The third-order valence-electron chi connectivity index (χ3n) is 6.19. The minimum Gasteiger partial charge on any atom is -0.507 e. The number of carbonyl (C=O) groups excluding carboxylic acids is 2. The molecule has 1 saturated heterocycles. The Bertz CT molecular complexity index is 1010. The van der Waals surface area contributed by atoms with Crippen molar-refractivity contribution in [3.05, 3.63) is 41.2 Å². The number of phenolic OH excluding ortho intramolecular Hbond substituents is 1. The second-order valence-electron chi connectivity index (χ2n) is 9.24. The Morgan fingerprint density at radius 3 is 2.66 bits per heavy atom. The van der Waals surface area contributed by atoms with Crippen molar-refractivity contribution in [3.8, 4) is 5.75 Å². The lowest BCUT2D eigenvalue weighted by Gasteiger charge is -2.24. The minimum absolute atomic E-state index is 0.0479. The molecule has 1 fully saturated rings. The Morgan fingerprint density at radius 2 is 2.00 bits per heavy atom. The lowest BCUT2D eigenvalue weighted by molar-refractivity contribution is -0.153. The Morgan fingerprint density at radius 1 is 1.29 bits per heavy atom. The topological polar surface area (TPSA) is 106 Å². The van der Waals surface area contributed by atoms with Crippen LogP contribution >= 0.6 is 0 Å². The molecular formula is C25H32BFNO7. The maximum Gasteiger partial charge on any atom is 0.342 e. The monoisotopic (exact) mass is 488 g/mol. The van der Waals surface area contributed by atoms with Crippen molar-refractivity contribution >= 4 is 31.3 Å². The number of rotatable bonds is 4. The van der Waals surface area contributed by atoms with Crippen LogP contribution in [-0.4, -0.2) is 66.5 Å². The van der Waals surface area contributed by atoms with E-state index in [1.165, 1.54) is 19.6 Å². The Labute approximate surface area is 205 Å². The number of hydrogen-bond acceptors (Lipinski definition) is 8. The molecule has 8 nitrogen and oxygen atoms in total. The first-order chi connectivity index (χ1) is 16.5. The molecule has 3 rings (SSSR count). The molecule has 0 aromatic heterocycles. The first-order valence-corrected chi connectivity index (χ1v) is 11.7. The van der Waals surface area contributed by atoms with Crippen LogP contribution in [0.1, 0.15) is 57.0 Å². The van der Waals surface area contributed by atoms with Crippen molar-refractivity contribution in [2.75, 3.05) is 11.4 Å².